The van der Waals surface area contributed by atoms with Crippen molar-refractivity contribution in [3.63, 3.8) is 0 Å². The fourth-order valence-electron chi connectivity index (χ4n) is 5.82. The Hall–Kier alpha value is -4.54. The average Bonchev–Trinajstić information content (AvgIpc) is 3.85. The number of hydrogen-bond donors (Lipinski definition) is 6. The topological polar surface area (TPSA) is 191 Å². The highest BCUT2D eigenvalue weighted by atomic mass is 31.2. The highest BCUT2D eigenvalue weighted by Gasteiger charge is 2.26. The zero-order chi connectivity index (χ0) is 34.1. The lowest BCUT2D eigenvalue weighted by molar-refractivity contribution is -0.230. The number of aromatic nitrogens is 4. The summed E-state index contributed by atoms with van der Waals surface area (Å²) in [5, 5.41) is 8.78. The first-order valence-corrected chi connectivity index (χ1v) is 19.2. The van der Waals surface area contributed by atoms with Gasteiger partial charge in [-0.2, -0.15) is 5.26 Å². The van der Waals surface area contributed by atoms with E-state index in [-0.39, 0.29) is 31.1 Å². The molecule has 14 heteroatoms. The summed E-state index contributed by atoms with van der Waals surface area (Å²) < 4.78 is 29.6. The number of H-pyrrole nitrogens is 2. The zero-order valence-electron chi connectivity index (χ0n) is 25.9. The van der Waals surface area contributed by atoms with Crippen LogP contribution in [0.1, 0.15) is 47.1 Å². The molecule has 0 spiro atoms. The number of ether oxygens (including phenoxy) is 1. The fraction of sp³-hybridized carbons (Fsp3) is 0.176. The van der Waals surface area contributed by atoms with Crippen molar-refractivity contribution < 1.29 is 38.7 Å². The van der Waals surface area contributed by atoms with Crippen molar-refractivity contribution in [2.75, 3.05) is 19.0 Å². The molecule has 6 N–H and O–H groups in total. The number of fused-ring (bicyclic) bond motifs is 8. The van der Waals surface area contributed by atoms with Crippen LogP contribution in [0.2, 0.25) is 0 Å². The molecule has 2 atom stereocenters. The molecule has 2 aliphatic heterocycles. The highest BCUT2D eigenvalue weighted by molar-refractivity contribution is 7.57. The Morgan fingerprint density at radius 2 is 1.35 bits per heavy atom. The summed E-state index contributed by atoms with van der Waals surface area (Å²) >= 11 is 0. The molecular weight excluding hydrogens is 654 g/mol. The first-order chi connectivity index (χ1) is 22.8. The van der Waals surface area contributed by atoms with E-state index in [1.54, 1.807) is 12.1 Å². The molecule has 248 valence electrons. The van der Waals surface area contributed by atoms with Crippen molar-refractivity contribution in [1.82, 2.24) is 19.9 Å². The van der Waals surface area contributed by atoms with Crippen LogP contribution < -0.4 is 4.74 Å². The normalized spacial score (nSPS) is 14.4. The maximum Gasteiger partial charge on any atom is 0.325 e. The van der Waals surface area contributed by atoms with Crippen LogP contribution >= 0.6 is 15.0 Å². The number of nitrogens with zero attached hydrogens (tertiary/aromatic N) is 2. The molecule has 3 aromatic heterocycles. The van der Waals surface area contributed by atoms with Gasteiger partial charge in [-0.15, -0.1) is 0 Å². The lowest BCUT2D eigenvalue weighted by Crippen LogP contribution is -2.09. The van der Waals surface area contributed by atoms with Gasteiger partial charge < -0.3 is 34.3 Å². The molecule has 4 aromatic rings. The summed E-state index contributed by atoms with van der Waals surface area (Å²) in [5.41, 5.74) is 8.12. The van der Waals surface area contributed by atoms with Gasteiger partial charge in [0.25, 0.3) is 0 Å². The minimum atomic E-state index is -4.34. The highest BCUT2D eigenvalue weighted by Crippen LogP contribution is 2.44. The van der Waals surface area contributed by atoms with Gasteiger partial charge >= 0.3 is 13.5 Å². The largest absolute Gasteiger partial charge is 0.425 e. The summed E-state index contributed by atoms with van der Waals surface area (Å²) in [6.45, 7) is 4.75. The number of benzene rings is 1. The molecule has 6 rings (SSSR count). The molecule has 5 heterocycles. The van der Waals surface area contributed by atoms with Crippen molar-refractivity contribution in [3.05, 3.63) is 102 Å². The number of rotatable bonds is 11. The summed E-state index contributed by atoms with van der Waals surface area (Å²) in [4.78, 5) is 50.3. The van der Waals surface area contributed by atoms with E-state index >= 15 is 0 Å². The van der Waals surface area contributed by atoms with E-state index in [1.807, 2.05) is 72.8 Å². The molecule has 12 nitrogen and oxygen atoms in total. The average molecular weight is 689 g/mol. The third-order valence-corrected chi connectivity index (χ3v) is 9.91. The predicted octanol–water partition coefficient (Wildman–Crippen LogP) is 7.60. The second kappa shape index (κ2) is 13.5. The number of aromatic amines is 2. The van der Waals surface area contributed by atoms with E-state index < -0.39 is 20.9 Å². The van der Waals surface area contributed by atoms with Gasteiger partial charge in [0.05, 0.1) is 28.9 Å². The van der Waals surface area contributed by atoms with Gasteiger partial charge in [0.2, 0.25) is 0 Å². The van der Waals surface area contributed by atoms with Crippen LogP contribution in [-0.2, 0) is 14.0 Å². The summed E-state index contributed by atoms with van der Waals surface area (Å²) in [5.74, 6) is -0.301. The lowest BCUT2D eigenvalue weighted by Gasteiger charge is -2.20. The van der Waals surface area contributed by atoms with Crippen molar-refractivity contribution >= 4 is 61.3 Å². The van der Waals surface area contributed by atoms with E-state index in [2.05, 4.69) is 21.4 Å². The molecular formula is C34H34N4O8P2. The van der Waals surface area contributed by atoms with Crippen LogP contribution in [0.25, 0.3) is 57.5 Å². The molecule has 8 bridgehead atoms. The third kappa shape index (κ3) is 8.11. The van der Waals surface area contributed by atoms with Crippen LogP contribution in [0, 0.1) is 0 Å². The summed E-state index contributed by atoms with van der Waals surface area (Å²) in [7, 11) is -7.75. The van der Waals surface area contributed by atoms with Gasteiger partial charge in [0.1, 0.15) is 5.75 Å². The Morgan fingerprint density at radius 3 is 1.85 bits per heavy atom. The molecule has 2 aliphatic rings. The van der Waals surface area contributed by atoms with Gasteiger partial charge in [0.15, 0.2) is 7.37 Å². The molecule has 0 saturated heterocycles. The van der Waals surface area contributed by atoms with E-state index in [4.69, 9.17) is 20.0 Å². The van der Waals surface area contributed by atoms with Gasteiger partial charge in [-0.05, 0) is 104 Å². The first kappa shape index (κ1) is 33.4. The molecule has 2 unspecified atom stereocenters. The minimum absolute atomic E-state index is 0.0147. The standard InChI is InChI=1S/C34H34N4O8P2/c1-21(46-39)45-28-9-3-22(4-10-28)33-29-11-5-24(35-29)19-26-7-13-31(37-26)34(23(15-17-47(2,40)41)16-18-48(42,43)44)32-14-8-27(38-32)20-25-6-12-30(33)36-25/h3-14,19-20,23,35-36,39H,1,15-18H2,2H3,(H,40,41)(H2,42,43,44). The molecule has 0 fully saturated rings. The van der Waals surface area contributed by atoms with E-state index in [9.17, 15) is 23.8 Å². The molecule has 0 aliphatic carbocycles. The third-order valence-electron chi connectivity index (χ3n) is 7.98. The van der Waals surface area contributed by atoms with Crippen LogP contribution in [0.15, 0.2) is 73.2 Å². The maximum absolute atomic E-state index is 12.3. The van der Waals surface area contributed by atoms with Gasteiger partial charge in [-0.25, -0.2) is 9.97 Å². The molecule has 0 amide bonds. The Balaban J connectivity index is 1.55. The summed E-state index contributed by atoms with van der Waals surface area (Å²) in [6.07, 6.45) is 7.31. The Labute approximate surface area is 275 Å². The first-order valence-electron chi connectivity index (χ1n) is 15.1. The van der Waals surface area contributed by atoms with Crippen molar-refractivity contribution in [2.24, 2.45) is 0 Å². The minimum Gasteiger partial charge on any atom is -0.425 e. The fourth-order valence-corrected chi connectivity index (χ4v) is 7.26. The van der Waals surface area contributed by atoms with E-state index in [0.29, 0.717) is 34.1 Å². The van der Waals surface area contributed by atoms with Gasteiger partial charge in [0, 0.05) is 46.0 Å². The molecule has 0 radical (unpaired) electrons. The van der Waals surface area contributed by atoms with E-state index in [0.717, 1.165) is 33.2 Å². The monoisotopic (exact) mass is 688 g/mol. The van der Waals surface area contributed by atoms with Crippen molar-refractivity contribution in [1.29, 1.82) is 0 Å². The Bertz CT molecular complexity index is 2070. The van der Waals surface area contributed by atoms with Gasteiger partial charge in [-0.3, -0.25) is 9.13 Å². The van der Waals surface area contributed by atoms with Crippen molar-refractivity contribution in [2.45, 2.75) is 18.8 Å². The molecule has 48 heavy (non-hydrogen) atoms. The van der Waals surface area contributed by atoms with Crippen LogP contribution in [0.3, 0.4) is 0 Å². The summed E-state index contributed by atoms with van der Waals surface area (Å²) in [6, 6.07) is 18.8. The second-order valence-electron chi connectivity index (χ2n) is 11.8. The van der Waals surface area contributed by atoms with Crippen LogP contribution in [0.4, 0.5) is 0 Å². The zero-order valence-corrected chi connectivity index (χ0v) is 27.7. The molecule has 1 aromatic carbocycles. The molecule has 0 saturated carbocycles. The predicted molar refractivity (Wildman–Crippen MR) is 187 cm³/mol. The van der Waals surface area contributed by atoms with Crippen molar-refractivity contribution in [3.8, 4) is 16.9 Å². The SMILES string of the molecule is C=C(OO)Oc1ccc(-c2c3ccc(cc4nc(c(C(CCP(C)(=O)O)CCP(=O)(O)O)c5nc(cc6ccc2[nH]6)C=C5)C=C4)[nH]3)cc1. The lowest BCUT2D eigenvalue weighted by atomic mass is 9.91. The second-order valence-corrected chi connectivity index (χ2v) is 16.1. The smallest absolute Gasteiger partial charge is 0.325 e. The number of hydrogen-bond acceptors (Lipinski definition) is 7. The maximum atomic E-state index is 12.3. The van der Waals surface area contributed by atoms with Gasteiger partial charge in [-0.1, -0.05) is 12.1 Å². The Morgan fingerprint density at radius 1 is 0.812 bits per heavy atom. The Kier molecular flexibility index (Phi) is 9.40. The number of nitrogens with one attached hydrogen (secondary N) is 2. The van der Waals surface area contributed by atoms with E-state index in [1.165, 1.54) is 6.66 Å². The van der Waals surface area contributed by atoms with Crippen LogP contribution in [0.5, 0.6) is 5.75 Å². The van der Waals surface area contributed by atoms with Crippen LogP contribution in [-0.4, -0.2) is 58.9 Å². The quantitative estimate of drug-likeness (QED) is 0.0342.